The standard InChI is InChI=1S/C15H20F2N2O2/c16-11-3-4-14(13(17)10-11)21-9-1-2-15(20)19-7-5-12(18)6-8-19/h3-4,10,12H,1-2,5-9,18H2. The second-order valence-corrected chi connectivity index (χ2v) is 5.24. The van der Waals surface area contributed by atoms with Gasteiger partial charge in [-0.2, -0.15) is 0 Å². The van der Waals surface area contributed by atoms with Crippen molar-refractivity contribution in [3.05, 3.63) is 29.8 Å². The van der Waals surface area contributed by atoms with Crippen molar-refractivity contribution in [1.82, 2.24) is 4.90 Å². The van der Waals surface area contributed by atoms with Gasteiger partial charge in [-0.1, -0.05) is 0 Å². The van der Waals surface area contributed by atoms with Gasteiger partial charge in [-0.05, 0) is 31.4 Å². The molecule has 116 valence electrons. The first kappa shape index (κ1) is 15.7. The monoisotopic (exact) mass is 298 g/mol. The van der Waals surface area contributed by atoms with Crippen molar-refractivity contribution in [2.75, 3.05) is 19.7 Å². The summed E-state index contributed by atoms with van der Waals surface area (Å²) in [4.78, 5) is 13.7. The molecule has 0 aliphatic carbocycles. The van der Waals surface area contributed by atoms with Crippen LogP contribution in [0, 0.1) is 11.6 Å². The molecule has 0 atom stereocenters. The average Bonchev–Trinajstić information content (AvgIpc) is 2.46. The van der Waals surface area contributed by atoms with E-state index in [1.807, 2.05) is 4.90 Å². The Kier molecular flexibility index (Phi) is 5.50. The molecule has 1 saturated heterocycles. The van der Waals surface area contributed by atoms with Crippen molar-refractivity contribution >= 4 is 5.91 Å². The highest BCUT2D eigenvalue weighted by atomic mass is 19.1. The number of nitrogens with zero attached hydrogens (tertiary/aromatic N) is 1. The van der Waals surface area contributed by atoms with Crippen LogP contribution in [0.2, 0.25) is 0 Å². The van der Waals surface area contributed by atoms with Crippen LogP contribution in [0.25, 0.3) is 0 Å². The molecule has 1 aromatic rings. The van der Waals surface area contributed by atoms with Gasteiger partial charge < -0.3 is 15.4 Å². The Labute approximate surface area is 122 Å². The molecule has 1 amide bonds. The van der Waals surface area contributed by atoms with Crippen LogP contribution in [0.5, 0.6) is 5.75 Å². The smallest absolute Gasteiger partial charge is 0.222 e. The van der Waals surface area contributed by atoms with Crippen LogP contribution in [0.15, 0.2) is 18.2 Å². The van der Waals surface area contributed by atoms with Crippen molar-refractivity contribution in [2.24, 2.45) is 5.73 Å². The maximum Gasteiger partial charge on any atom is 0.222 e. The summed E-state index contributed by atoms with van der Waals surface area (Å²) in [6.07, 6.45) is 2.53. The number of halogens is 2. The Morgan fingerprint density at radius 2 is 2.05 bits per heavy atom. The van der Waals surface area contributed by atoms with E-state index in [4.69, 9.17) is 10.5 Å². The van der Waals surface area contributed by atoms with Crippen molar-refractivity contribution in [3.8, 4) is 5.75 Å². The van der Waals surface area contributed by atoms with E-state index in [0.717, 1.165) is 25.0 Å². The Morgan fingerprint density at radius 1 is 1.33 bits per heavy atom. The number of rotatable bonds is 5. The lowest BCUT2D eigenvalue weighted by atomic mass is 10.1. The Bertz CT molecular complexity index is 489. The van der Waals surface area contributed by atoms with Gasteiger partial charge in [0.1, 0.15) is 5.82 Å². The third-order valence-electron chi connectivity index (χ3n) is 3.58. The van der Waals surface area contributed by atoms with Crippen molar-refractivity contribution in [3.63, 3.8) is 0 Å². The highest BCUT2D eigenvalue weighted by molar-refractivity contribution is 5.76. The van der Waals surface area contributed by atoms with E-state index in [2.05, 4.69) is 0 Å². The number of ether oxygens (including phenoxy) is 1. The quantitative estimate of drug-likeness (QED) is 0.847. The molecular weight excluding hydrogens is 278 g/mol. The molecule has 0 unspecified atom stereocenters. The van der Waals surface area contributed by atoms with Gasteiger partial charge in [0.2, 0.25) is 5.91 Å². The third kappa shape index (κ3) is 4.67. The number of nitrogens with two attached hydrogens (primary N) is 1. The van der Waals surface area contributed by atoms with E-state index in [1.165, 1.54) is 6.07 Å². The molecule has 2 rings (SSSR count). The Balaban J connectivity index is 1.68. The summed E-state index contributed by atoms with van der Waals surface area (Å²) in [6.45, 7) is 1.63. The molecule has 1 fully saturated rings. The van der Waals surface area contributed by atoms with Gasteiger partial charge in [0.05, 0.1) is 6.61 Å². The van der Waals surface area contributed by atoms with E-state index < -0.39 is 11.6 Å². The van der Waals surface area contributed by atoms with Crippen molar-refractivity contribution < 1.29 is 18.3 Å². The topological polar surface area (TPSA) is 55.6 Å². The summed E-state index contributed by atoms with van der Waals surface area (Å²) in [5, 5.41) is 0. The second-order valence-electron chi connectivity index (χ2n) is 5.24. The summed E-state index contributed by atoms with van der Waals surface area (Å²) in [7, 11) is 0. The number of hydrogen-bond acceptors (Lipinski definition) is 3. The normalized spacial score (nSPS) is 16.0. The van der Waals surface area contributed by atoms with Crippen molar-refractivity contribution in [1.29, 1.82) is 0 Å². The predicted molar refractivity (Wildman–Crippen MR) is 74.9 cm³/mol. The highest BCUT2D eigenvalue weighted by Gasteiger charge is 2.19. The molecule has 1 aliphatic heterocycles. The van der Waals surface area contributed by atoms with Crippen LogP contribution in [0.3, 0.4) is 0 Å². The van der Waals surface area contributed by atoms with Gasteiger partial charge in [-0.3, -0.25) is 4.79 Å². The molecular formula is C15H20F2N2O2. The molecule has 4 nitrogen and oxygen atoms in total. The zero-order valence-electron chi connectivity index (χ0n) is 11.9. The van der Waals surface area contributed by atoms with Crippen LogP contribution >= 0.6 is 0 Å². The Morgan fingerprint density at radius 3 is 2.71 bits per heavy atom. The first-order valence-electron chi connectivity index (χ1n) is 7.17. The minimum absolute atomic E-state index is 0.00722. The van der Waals surface area contributed by atoms with Crippen LogP contribution < -0.4 is 10.5 Å². The van der Waals surface area contributed by atoms with Gasteiger partial charge in [0, 0.05) is 31.6 Å². The number of amides is 1. The predicted octanol–water partition coefficient (Wildman–Crippen LogP) is 2.07. The fourth-order valence-corrected chi connectivity index (χ4v) is 2.30. The zero-order valence-corrected chi connectivity index (χ0v) is 11.9. The minimum atomic E-state index is -0.730. The number of benzene rings is 1. The average molecular weight is 298 g/mol. The fourth-order valence-electron chi connectivity index (χ4n) is 2.30. The molecule has 0 saturated carbocycles. The largest absolute Gasteiger partial charge is 0.491 e. The lowest BCUT2D eigenvalue weighted by Crippen LogP contribution is -2.42. The molecule has 2 N–H and O–H groups in total. The number of likely N-dealkylation sites (tertiary alicyclic amines) is 1. The SMILES string of the molecule is NC1CCN(C(=O)CCCOc2ccc(F)cc2F)CC1. The van der Waals surface area contributed by atoms with Gasteiger partial charge in [-0.25, -0.2) is 8.78 Å². The molecule has 0 spiro atoms. The molecule has 6 heteroatoms. The first-order chi connectivity index (χ1) is 10.1. The Hall–Kier alpha value is -1.69. The molecule has 0 radical (unpaired) electrons. The van der Waals surface area contributed by atoms with E-state index in [9.17, 15) is 13.6 Å². The number of carbonyl (C=O) groups is 1. The summed E-state index contributed by atoms with van der Waals surface area (Å²) in [5.74, 6) is -1.29. The van der Waals surface area contributed by atoms with Crippen LogP contribution in [0.4, 0.5) is 8.78 Å². The molecule has 0 aromatic heterocycles. The van der Waals surface area contributed by atoms with E-state index in [0.29, 0.717) is 25.9 Å². The number of carbonyl (C=O) groups excluding carboxylic acids is 1. The lowest BCUT2D eigenvalue weighted by Gasteiger charge is -2.30. The zero-order chi connectivity index (χ0) is 15.2. The maximum atomic E-state index is 13.3. The first-order valence-corrected chi connectivity index (χ1v) is 7.17. The number of piperidine rings is 1. The van der Waals surface area contributed by atoms with Crippen LogP contribution in [0.1, 0.15) is 25.7 Å². The van der Waals surface area contributed by atoms with Gasteiger partial charge >= 0.3 is 0 Å². The van der Waals surface area contributed by atoms with Gasteiger partial charge in [-0.15, -0.1) is 0 Å². The van der Waals surface area contributed by atoms with Gasteiger partial charge in [0.25, 0.3) is 0 Å². The van der Waals surface area contributed by atoms with Gasteiger partial charge in [0.15, 0.2) is 11.6 Å². The van der Waals surface area contributed by atoms with E-state index in [1.54, 1.807) is 0 Å². The van der Waals surface area contributed by atoms with Crippen LogP contribution in [-0.2, 0) is 4.79 Å². The third-order valence-corrected chi connectivity index (χ3v) is 3.58. The molecule has 1 aromatic carbocycles. The summed E-state index contributed by atoms with van der Waals surface area (Å²) in [5.41, 5.74) is 5.79. The molecule has 1 aliphatic rings. The molecule has 1 heterocycles. The van der Waals surface area contributed by atoms with E-state index >= 15 is 0 Å². The maximum absolute atomic E-state index is 13.3. The fraction of sp³-hybridized carbons (Fsp3) is 0.533. The highest BCUT2D eigenvalue weighted by Crippen LogP contribution is 2.18. The minimum Gasteiger partial charge on any atom is -0.491 e. The summed E-state index contributed by atoms with van der Waals surface area (Å²) >= 11 is 0. The number of hydrogen-bond donors (Lipinski definition) is 1. The summed E-state index contributed by atoms with van der Waals surface area (Å²) in [6, 6.07) is 3.36. The van der Waals surface area contributed by atoms with E-state index in [-0.39, 0.29) is 24.3 Å². The summed E-state index contributed by atoms with van der Waals surface area (Å²) < 4.78 is 31.2. The molecule has 21 heavy (non-hydrogen) atoms. The molecule has 0 bridgehead atoms. The lowest BCUT2D eigenvalue weighted by molar-refractivity contribution is -0.132. The van der Waals surface area contributed by atoms with Crippen LogP contribution in [-0.4, -0.2) is 36.5 Å². The van der Waals surface area contributed by atoms with Crippen molar-refractivity contribution in [2.45, 2.75) is 31.7 Å². The second kappa shape index (κ2) is 7.36.